The molecule has 8 heteroatoms. The van der Waals surface area contributed by atoms with Crippen LogP contribution < -0.4 is 20.2 Å². The average molecular weight is 419 g/mol. The number of fused-ring (bicyclic) bond motifs is 2. The summed E-state index contributed by atoms with van der Waals surface area (Å²) in [6, 6.07) is 15.7. The molecule has 0 spiro atoms. The largest absolute Gasteiger partial charge is 0.507 e. The van der Waals surface area contributed by atoms with Gasteiger partial charge in [-0.1, -0.05) is 24.3 Å². The number of nitrogens with one attached hydrogen (secondary N) is 2. The lowest BCUT2D eigenvalue weighted by Crippen LogP contribution is -2.21. The van der Waals surface area contributed by atoms with Crippen LogP contribution in [0, 0.1) is 0 Å². The Morgan fingerprint density at radius 1 is 1.00 bits per heavy atom. The highest BCUT2D eigenvalue weighted by molar-refractivity contribution is 6.06. The first-order valence-electron chi connectivity index (χ1n) is 9.74. The van der Waals surface area contributed by atoms with E-state index in [9.17, 15) is 14.7 Å². The van der Waals surface area contributed by atoms with E-state index < -0.39 is 5.91 Å². The molecule has 0 saturated carbocycles. The molecule has 1 heterocycles. The fraction of sp³-hybridized carbons (Fsp3) is 0.174. The maximum absolute atomic E-state index is 12.4. The molecule has 3 aromatic rings. The molecular formula is C23H21N3O5. The average Bonchev–Trinajstić information content (AvgIpc) is 2.76. The third-order valence-corrected chi connectivity index (χ3v) is 4.70. The van der Waals surface area contributed by atoms with Gasteiger partial charge in [0.05, 0.1) is 12.0 Å². The zero-order chi connectivity index (χ0) is 21.8. The van der Waals surface area contributed by atoms with E-state index in [1.807, 2.05) is 24.3 Å². The molecular weight excluding hydrogens is 398 g/mol. The first-order valence-corrected chi connectivity index (χ1v) is 9.74. The van der Waals surface area contributed by atoms with Gasteiger partial charge in [0, 0.05) is 17.5 Å². The number of rotatable bonds is 5. The van der Waals surface area contributed by atoms with Crippen molar-refractivity contribution >= 4 is 34.0 Å². The van der Waals surface area contributed by atoms with E-state index in [-0.39, 0.29) is 23.6 Å². The third kappa shape index (κ3) is 4.75. The fourth-order valence-corrected chi connectivity index (χ4v) is 3.21. The molecule has 3 N–H and O–H groups in total. The van der Waals surface area contributed by atoms with Crippen LogP contribution in [0.2, 0.25) is 0 Å². The number of nitrogens with zero attached hydrogens (tertiary/aromatic N) is 1. The summed E-state index contributed by atoms with van der Waals surface area (Å²) in [6.07, 6.45) is -0.0155. The van der Waals surface area contributed by atoms with Gasteiger partial charge in [-0.15, -0.1) is 0 Å². The quantitative estimate of drug-likeness (QED) is 0.434. The third-order valence-electron chi connectivity index (χ3n) is 4.70. The van der Waals surface area contributed by atoms with Crippen molar-refractivity contribution in [3.05, 3.63) is 60.2 Å². The van der Waals surface area contributed by atoms with Gasteiger partial charge in [0.25, 0.3) is 5.91 Å². The van der Waals surface area contributed by atoms with Crippen molar-refractivity contribution in [1.29, 1.82) is 0 Å². The molecule has 0 fully saturated rings. The van der Waals surface area contributed by atoms with Gasteiger partial charge in [-0.05, 0) is 42.0 Å². The molecule has 158 valence electrons. The summed E-state index contributed by atoms with van der Waals surface area (Å²) in [4.78, 5) is 24.7. The van der Waals surface area contributed by atoms with Gasteiger partial charge in [-0.2, -0.15) is 5.10 Å². The SMILES string of the molecule is C/C(CC(=O)Nc1ccc2c(c1)OCCO2)=N\NC(=O)c1cc2ccccc2cc1O. The minimum atomic E-state index is -0.560. The molecule has 0 radical (unpaired) electrons. The number of benzene rings is 3. The number of carbonyl (C=O) groups is 2. The van der Waals surface area contributed by atoms with E-state index in [0.29, 0.717) is 36.1 Å². The zero-order valence-electron chi connectivity index (χ0n) is 16.8. The minimum Gasteiger partial charge on any atom is -0.507 e. The second-order valence-electron chi connectivity index (χ2n) is 7.09. The standard InChI is InChI=1S/C23H21N3O5/c1-14(10-22(28)24-17-6-7-20-21(13-17)31-9-8-30-20)25-26-23(29)18-11-15-4-2-3-5-16(15)12-19(18)27/h2-7,11-13,27H,8-10H2,1H3,(H,24,28)(H,26,29)/b25-14+. The van der Waals surface area contributed by atoms with Crippen LogP contribution in [0.3, 0.4) is 0 Å². The van der Waals surface area contributed by atoms with Crippen LogP contribution in [-0.2, 0) is 4.79 Å². The molecule has 0 aromatic heterocycles. The Kier molecular flexibility index (Phi) is 5.70. The Labute approximate surface area is 178 Å². The first kappa shape index (κ1) is 20.2. The van der Waals surface area contributed by atoms with E-state index in [0.717, 1.165) is 10.8 Å². The van der Waals surface area contributed by atoms with E-state index in [1.54, 1.807) is 31.2 Å². The smallest absolute Gasteiger partial charge is 0.275 e. The van der Waals surface area contributed by atoms with Crippen LogP contribution in [0.25, 0.3) is 10.8 Å². The van der Waals surface area contributed by atoms with Crippen LogP contribution in [0.15, 0.2) is 59.7 Å². The summed E-state index contributed by atoms with van der Waals surface area (Å²) in [5.41, 5.74) is 3.48. The van der Waals surface area contributed by atoms with Gasteiger partial charge in [0.2, 0.25) is 5.91 Å². The second kappa shape index (κ2) is 8.74. The molecule has 4 rings (SSSR count). The number of ether oxygens (including phenoxy) is 2. The monoisotopic (exact) mass is 419 g/mol. The number of aromatic hydroxyl groups is 1. The molecule has 2 amide bonds. The summed E-state index contributed by atoms with van der Waals surface area (Å²) in [6.45, 7) is 2.59. The van der Waals surface area contributed by atoms with Crippen LogP contribution in [0.1, 0.15) is 23.7 Å². The van der Waals surface area contributed by atoms with Gasteiger partial charge in [-0.25, -0.2) is 5.43 Å². The predicted octanol–water partition coefficient (Wildman–Crippen LogP) is 3.45. The lowest BCUT2D eigenvalue weighted by atomic mass is 10.1. The topological polar surface area (TPSA) is 109 Å². The molecule has 0 aliphatic carbocycles. The Morgan fingerprint density at radius 2 is 1.71 bits per heavy atom. The van der Waals surface area contributed by atoms with Crippen molar-refractivity contribution in [1.82, 2.24) is 5.43 Å². The van der Waals surface area contributed by atoms with Crippen LogP contribution in [0.4, 0.5) is 5.69 Å². The normalized spacial score (nSPS) is 13.0. The Balaban J connectivity index is 1.37. The van der Waals surface area contributed by atoms with Gasteiger partial charge in [-0.3, -0.25) is 9.59 Å². The molecule has 8 nitrogen and oxygen atoms in total. The number of amides is 2. The molecule has 1 aliphatic heterocycles. The number of phenols is 1. The number of hydrogen-bond acceptors (Lipinski definition) is 6. The second-order valence-corrected chi connectivity index (χ2v) is 7.09. The van der Waals surface area contributed by atoms with Gasteiger partial charge >= 0.3 is 0 Å². The molecule has 0 atom stereocenters. The van der Waals surface area contributed by atoms with Crippen molar-refractivity contribution in [3.63, 3.8) is 0 Å². The maximum Gasteiger partial charge on any atom is 0.275 e. The maximum atomic E-state index is 12.4. The molecule has 0 unspecified atom stereocenters. The number of hydrogen-bond donors (Lipinski definition) is 3. The van der Waals surface area contributed by atoms with E-state index in [1.165, 1.54) is 6.07 Å². The molecule has 1 aliphatic rings. The Morgan fingerprint density at radius 3 is 2.48 bits per heavy atom. The molecule has 0 saturated heterocycles. The Bertz CT molecular complexity index is 1190. The zero-order valence-corrected chi connectivity index (χ0v) is 16.8. The van der Waals surface area contributed by atoms with Crippen molar-refractivity contribution in [2.75, 3.05) is 18.5 Å². The van der Waals surface area contributed by atoms with Crippen molar-refractivity contribution < 1.29 is 24.2 Å². The number of phenolic OH excluding ortho intramolecular Hbond substituents is 1. The summed E-state index contributed by atoms with van der Waals surface area (Å²) in [5, 5.41) is 18.5. The van der Waals surface area contributed by atoms with E-state index in [2.05, 4.69) is 15.8 Å². The van der Waals surface area contributed by atoms with Crippen LogP contribution >= 0.6 is 0 Å². The van der Waals surface area contributed by atoms with Crippen molar-refractivity contribution in [2.24, 2.45) is 5.10 Å². The highest BCUT2D eigenvalue weighted by atomic mass is 16.6. The summed E-state index contributed by atoms with van der Waals surface area (Å²) >= 11 is 0. The molecule has 31 heavy (non-hydrogen) atoms. The van der Waals surface area contributed by atoms with E-state index >= 15 is 0 Å². The molecule has 3 aromatic carbocycles. The Hall–Kier alpha value is -4.07. The van der Waals surface area contributed by atoms with Crippen LogP contribution in [-0.4, -0.2) is 35.8 Å². The number of carbonyl (C=O) groups excluding carboxylic acids is 2. The van der Waals surface area contributed by atoms with Crippen molar-refractivity contribution in [2.45, 2.75) is 13.3 Å². The van der Waals surface area contributed by atoms with Gasteiger partial charge < -0.3 is 19.9 Å². The lowest BCUT2D eigenvalue weighted by Gasteiger charge is -2.19. The lowest BCUT2D eigenvalue weighted by molar-refractivity contribution is -0.115. The predicted molar refractivity (Wildman–Crippen MR) is 117 cm³/mol. The van der Waals surface area contributed by atoms with Gasteiger partial charge in [0.15, 0.2) is 11.5 Å². The first-order chi connectivity index (χ1) is 15.0. The van der Waals surface area contributed by atoms with Crippen LogP contribution in [0.5, 0.6) is 17.2 Å². The van der Waals surface area contributed by atoms with Gasteiger partial charge in [0.1, 0.15) is 19.0 Å². The fourth-order valence-electron chi connectivity index (χ4n) is 3.21. The van der Waals surface area contributed by atoms with Crippen molar-refractivity contribution in [3.8, 4) is 17.2 Å². The highest BCUT2D eigenvalue weighted by Crippen LogP contribution is 2.32. The summed E-state index contributed by atoms with van der Waals surface area (Å²) < 4.78 is 11.0. The molecule has 0 bridgehead atoms. The summed E-state index contributed by atoms with van der Waals surface area (Å²) in [5.74, 6) is 0.231. The minimum absolute atomic E-state index is 0.0155. The van der Waals surface area contributed by atoms with E-state index in [4.69, 9.17) is 9.47 Å². The summed E-state index contributed by atoms with van der Waals surface area (Å²) in [7, 11) is 0. The number of hydrazone groups is 1. The highest BCUT2D eigenvalue weighted by Gasteiger charge is 2.14. The number of anilines is 1.